The van der Waals surface area contributed by atoms with Gasteiger partial charge in [-0.3, -0.25) is 9.59 Å². The molecule has 0 aromatic carbocycles. The lowest BCUT2D eigenvalue weighted by Crippen LogP contribution is -2.61. The van der Waals surface area contributed by atoms with E-state index in [9.17, 15) is 9.59 Å². The molecule has 1 aliphatic carbocycles. The van der Waals surface area contributed by atoms with Crippen molar-refractivity contribution in [2.75, 3.05) is 33.2 Å². The van der Waals surface area contributed by atoms with Crippen molar-refractivity contribution in [2.45, 2.75) is 32.6 Å². The number of hydrogen-bond acceptors (Lipinski definition) is 3. The average Bonchev–Trinajstić information content (AvgIpc) is 2.37. The van der Waals surface area contributed by atoms with Gasteiger partial charge < -0.3 is 9.80 Å². The van der Waals surface area contributed by atoms with Crippen molar-refractivity contribution < 1.29 is 9.59 Å². The van der Waals surface area contributed by atoms with E-state index in [1.807, 2.05) is 4.90 Å². The quantitative estimate of drug-likeness (QED) is 0.751. The lowest BCUT2D eigenvalue weighted by Gasteiger charge is -2.55. The fourth-order valence-electron chi connectivity index (χ4n) is 4.13. The normalized spacial score (nSPS) is 35.9. The predicted molar refractivity (Wildman–Crippen MR) is 72.6 cm³/mol. The zero-order valence-electron chi connectivity index (χ0n) is 12.0. The molecular weight excluding hydrogens is 240 g/mol. The van der Waals surface area contributed by atoms with Crippen molar-refractivity contribution in [2.24, 2.45) is 17.3 Å². The monoisotopic (exact) mass is 264 g/mol. The molecule has 0 spiro atoms. The highest BCUT2D eigenvalue weighted by molar-refractivity contribution is 5.86. The maximum absolute atomic E-state index is 12.6. The molecule has 0 unspecified atom stereocenters. The summed E-state index contributed by atoms with van der Waals surface area (Å²) in [4.78, 5) is 28.7. The number of piperidine rings is 3. The maximum atomic E-state index is 12.6. The van der Waals surface area contributed by atoms with Crippen LogP contribution in [0.5, 0.6) is 0 Å². The standard InChI is InChI=1S/C15H24N2O2/c1-11(18)15-7-12(8-15)9-17(10-15)14(19)13-3-5-16(2)6-4-13/h12-13H,3-10H2,1-2H3. The minimum absolute atomic E-state index is 0.177. The van der Waals surface area contributed by atoms with Gasteiger partial charge in [0.1, 0.15) is 5.78 Å². The van der Waals surface area contributed by atoms with Gasteiger partial charge >= 0.3 is 0 Å². The van der Waals surface area contributed by atoms with Crippen LogP contribution >= 0.6 is 0 Å². The molecular formula is C15H24N2O2. The van der Waals surface area contributed by atoms with Gasteiger partial charge in [0, 0.05) is 24.4 Å². The van der Waals surface area contributed by atoms with Gasteiger partial charge in [0.2, 0.25) is 5.91 Å². The molecule has 0 N–H and O–H groups in total. The summed E-state index contributed by atoms with van der Waals surface area (Å²) >= 11 is 0. The number of ketones is 1. The number of amides is 1. The Morgan fingerprint density at radius 2 is 1.79 bits per heavy atom. The van der Waals surface area contributed by atoms with E-state index in [0.717, 1.165) is 45.3 Å². The molecule has 3 saturated heterocycles. The Hall–Kier alpha value is -0.900. The van der Waals surface area contributed by atoms with Crippen molar-refractivity contribution >= 4 is 11.7 Å². The van der Waals surface area contributed by atoms with E-state index in [1.54, 1.807) is 6.92 Å². The fraction of sp³-hybridized carbons (Fsp3) is 0.867. The predicted octanol–water partition coefficient (Wildman–Crippen LogP) is 1.16. The third kappa shape index (κ3) is 2.20. The Morgan fingerprint density at radius 1 is 1.16 bits per heavy atom. The Kier molecular flexibility index (Phi) is 3.16. The second-order valence-corrected chi connectivity index (χ2v) is 6.91. The van der Waals surface area contributed by atoms with Crippen LogP contribution in [0.15, 0.2) is 0 Å². The van der Waals surface area contributed by atoms with Gasteiger partial charge in [-0.2, -0.15) is 0 Å². The summed E-state index contributed by atoms with van der Waals surface area (Å²) in [6, 6.07) is 0. The van der Waals surface area contributed by atoms with Crippen LogP contribution in [0.4, 0.5) is 0 Å². The Labute approximate surface area is 115 Å². The van der Waals surface area contributed by atoms with Crippen molar-refractivity contribution in [1.82, 2.24) is 9.80 Å². The molecule has 1 saturated carbocycles. The second kappa shape index (κ2) is 4.58. The molecule has 4 aliphatic rings. The average molecular weight is 264 g/mol. The van der Waals surface area contributed by atoms with E-state index in [2.05, 4.69) is 11.9 Å². The van der Waals surface area contributed by atoms with Crippen LogP contribution in [-0.4, -0.2) is 54.7 Å². The molecule has 4 heteroatoms. The van der Waals surface area contributed by atoms with E-state index in [4.69, 9.17) is 0 Å². The van der Waals surface area contributed by atoms with Crippen molar-refractivity contribution in [3.05, 3.63) is 0 Å². The van der Waals surface area contributed by atoms with Gasteiger partial charge in [0.25, 0.3) is 0 Å². The number of carbonyl (C=O) groups excluding carboxylic acids is 2. The first-order valence-electron chi connectivity index (χ1n) is 7.48. The van der Waals surface area contributed by atoms with Gasteiger partial charge in [-0.05, 0) is 58.7 Å². The molecule has 3 heterocycles. The molecule has 4 nitrogen and oxygen atoms in total. The van der Waals surface area contributed by atoms with Gasteiger partial charge in [0.05, 0.1) is 0 Å². The van der Waals surface area contributed by atoms with Crippen LogP contribution in [0.2, 0.25) is 0 Å². The Balaban J connectivity index is 1.63. The summed E-state index contributed by atoms with van der Waals surface area (Å²) in [5, 5.41) is 0. The van der Waals surface area contributed by atoms with Gasteiger partial charge in [-0.15, -0.1) is 0 Å². The number of carbonyl (C=O) groups is 2. The fourth-order valence-corrected chi connectivity index (χ4v) is 4.13. The van der Waals surface area contributed by atoms with Crippen LogP contribution in [0.3, 0.4) is 0 Å². The molecule has 2 bridgehead atoms. The number of nitrogens with zero attached hydrogens (tertiary/aromatic N) is 2. The first-order chi connectivity index (χ1) is 9.00. The van der Waals surface area contributed by atoms with Crippen molar-refractivity contribution in [3.8, 4) is 0 Å². The minimum atomic E-state index is -0.177. The molecule has 4 fully saturated rings. The smallest absolute Gasteiger partial charge is 0.225 e. The van der Waals surface area contributed by atoms with E-state index >= 15 is 0 Å². The molecule has 0 atom stereocenters. The number of rotatable bonds is 2. The van der Waals surface area contributed by atoms with Crippen LogP contribution in [0.25, 0.3) is 0 Å². The third-order valence-corrected chi connectivity index (χ3v) is 5.46. The van der Waals surface area contributed by atoms with Crippen LogP contribution in [0, 0.1) is 17.3 Å². The number of fused-ring (bicyclic) bond motifs is 2. The highest BCUT2D eigenvalue weighted by Gasteiger charge is 2.54. The zero-order valence-corrected chi connectivity index (χ0v) is 12.0. The Morgan fingerprint density at radius 3 is 2.37 bits per heavy atom. The highest BCUT2D eigenvalue weighted by Crippen LogP contribution is 2.51. The molecule has 0 aromatic rings. The number of likely N-dealkylation sites (tertiary alicyclic amines) is 1. The van der Waals surface area contributed by atoms with E-state index in [0.29, 0.717) is 18.4 Å². The summed E-state index contributed by atoms with van der Waals surface area (Å²) in [6.45, 7) is 5.31. The molecule has 0 radical (unpaired) electrons. The second-order valence-electron chi connectivity index (χ2n) is 6.91. The number of Topliss-reactive ketones (excluding diaryl/α,β-unsaturated/α-hetero) is 1. The largest absolute Gasteiger partial charge is 0.341 e. The third-order valence-electron chi connectivity index (χ3n) is 5.46. The topological polar surface area (TPSA) is 40.6 Å². The zero-order chi connectivity index (χ0) is 13.6. The van der Waals surface area contributed by atoms with Crippen LogP contribution in [-0.2, 0) is 9.59 Å². The number of hydrogen-bond donors (Lipinski definition) is 0. The highest BCUT2D eigenvalue weighted by atomic mass is 16.2. The molecule has 19 heavy (non-hydrogen) atoms. The summed E-state index contributed by atoms with van der Waals surface area (Å²) in [5.41, 5.74) is -0.177. The first-order valence-corrected chi connectivity index (χ1v) is 7.48. The minimum Gasteiger partial charge on any atom is -0.341 e. The Bertz CT molecular complexity index is 393. The summed E-state index contributed by atoms with van der Waals surface area (Å²) in [6.07, 6.45) is 3.98. The molecule has 3 aliphatic heterocycles. The van der Waals surface area contributed by atoms with Crippen molar-refractivity contribution in [3.63, 3.8) is 0 Å². The maximum Gasteiger partial charge on any atom is 0.225 e. The van der Waals surface area contributed by atoms with Crippen LogP contribution in [0.1, 0.15) is 32.6 Å². The lowest BCUT2D eigenvalue weighted by atomic mass is 9.57. The SMILES string of the molecule is CC(=O)C12CC(CN(C(=O)C3CCN(C)CC3)C1)C2. The van der Waals surface area contributed by atoms with Gasteiger partial charge in [0.15, 0.2) is 0 Å². The van der Waals surface area contributed by atoms with E-state index < -0.39 is 0 Å². The van der Waals surface area contributed by atoms with E-state index in [-0.39, 0.29) is 17.1 Å². The molecule has 4 rings (SSSR count). The molecule has 106 valence electrons. The molecule has 1 amide bonds. The lowest BCUT2D eigenvalue weighted by molar-refractivity contribution is -0.158. The summed E-state index contributed by atoms with van der Waals surface area (Å²) in [5.74, 6) is 1.36. The van der Waals surface area contributed by atoms with Gasteiger partial charge in [-0.25, -0.2) is 0 Å². The van der Waals surface area contributed by atoms with Gasteiger partial charge in [-0.1, -0.05) is 0 Å². The molecule has 0 aromatic heterocycles. The van der Waals surface area contributed by atoms with E-state index in [1.165, 1.54) is 0 Å². The van der Waals surface area contributed by atoms with Crippen molar-refractivity contribution in [1.29, 1.82) is 0 Å². The van der Waals surface area contributed by atoms with Crippen LogP contribution < -0.4 is 0 Å². The summed E-state index contributed by atoms with van der Waals surface area (Å²) < 4.78 is 0. The summed E-state index contributed by atoms with van der Waals surface area (Å²) in [7, 11) is 2.11. The first kappa shape index (κ1) is 13.1.